The minimum Gasteiger partial charge on any atom is -0.308 e. The molecule has 7 nitrogen and oxygen atoms in total. The molecule has 2 aliphatic rings. The third-order valence-electron chi connectivity index (χ3n) is 5.72. The molecule has 2 aromatic heterocycles. The van der Waals surface area contributed by atoms with Gasteiger partial charge in [-0.25, -0.2) is 9.97 Å². The van der Waals surface area contributed by atoms with Gasteiger partial charge in [-0.1, -0.05) is 0 Å². The number of hydrogen-bond donors (Lipinski definition) is 2. The Balaban J connectivity index is 1.29. The molecule has 0 unspecified atom stereocenters. The Labute approximate surface area is 192 Å². The van der Waals surface area contributed by atoms with Crippen LogP contribution in [0.25, 0.3) is 6.08 Å². The zero-order valence-electron chi connectivity index (χ0n) is 17.6. The predicted molar refractivity (Wildman–Crippen MR) is 117 cm³/mol. The van der Waals surface area contributed by atoms with Crippen molar-refractivity contribution in [1.29, 1.82) is 0 Å². The van der Waals surface area contributed by atoms with Crippen molar-refractivity contribution in [3.8, 4) is 0 Å². The number of hydrogen-bond acceptors (Lipinski definition) is 7. The molecule has 1 aliphatic carbocycles. The lowest BCUT2D eigenvalue weighted by Crippen LogP contribution is -2.34. The Kier molecular flexibility index (Phi) is 7.08. The first-order valence-electron chi connectivity index (χ1n) is 10.6. The highest BCUT2D eigenvalue weighted by molar-refractivity contribution is 8.18. The van der Waals surface area contributed by atoms with Crippen LogP contribution >= 0.6 is 11.8 Å². The maximum atomic E-state index is 13.1. The molecule has 1 saturated heterocycles. The second kappa shape index (κ2) is 10.0. The Hall–Kier alpha value is -2.79. The van der Waals surface area contributed by atoms with E-state index in [0.29, 0.717) is 28.8 Å². The first-order valence-corrected chi connectivity index (χ1v) is 11.4. The molecule has 3 heterocycles. The van der Waals surface area contributed by atoms with E-state index in [1.165, 1.54) is 12.3 Å². The number of alkyl halides is 3. The maximum Gasteiger partial charge on any atom is 0.418 e. The first-order chi connectivity index (χ1) is 15.8. The van der Waals surface area contributed by atoms with Crippen molar-refractivity contribution >= 4 is 29.0 Å². The fourth-order valence-electron chi connectivity index (χ4n) is 4.06. The van der Waals surface area contributed by atoms with E-state index in [2.05, 4.69) is 25.6 Å². The van der Waals surface area contributed by atoms with Crippen LogP contribution in [0, 0.1) is 5.92 Å². The highest BCUT2D eigenvalue weighted by Gasteiger charge is 2.34. The average molecular weight is 478 g/mol. The number of carbonyl (C=O) groups excluding carboxylic acids is 2. The van der Waals surface area contributed by atoms with Crippen LogP contribution in [0.4, 0.5) is 18.0 Å². The normalized spacial score (nSPS) is 22.6. The number of nitrogens with zero attached hydrogens (tertiary/aromatic N) is 3. The summed E-state index contributed by atoms with van der Waals surface area (Å²) < 4.78 is 39.4. The molecule has 2 aromatic rings. The summed E-state index contributed by atoms with van der Waals surface area (Å²) in [6.07, 6.45) is 4.37. The number of pyridine rings is 1. The summed E-state index contributed by atoms with van der Waals surface area (Å²) in [6.45, 7) is 0.0823. The third kappa shape index (κ3) is 6.17. The summed E-state index contributed by atoms with van der Waals surface area (Å²) in [5, 5.41) is 5.03. The van der Waals surface area contributed by atoms with Crippen LogP contribution in [-0.2, 0) is 23.9 Å². The van der Waals surface area contributed by atoms with Crippen LogP contribution in [0.2, 0.25) is 0 Å². The number of halogens is 3. The summed E-state index contributed by atoms with van der Waals surface area (Å²) in [4.78, 5) is 36.0. The van der Waals surface area contributed by atoms with E-state index in [0.717, 1.165) is 43.5 Å². The van der Waals surface area contributed by atoms with Gasteiger partial charge in [0, 0.05) is 31.4 Å². The first kappa shape index (κ1) is 23.4. The monoisotopic (exact) mass is 477 g/mol. The second-order valence-electron chi connectivity index (χ2n) is 8.05. The Morgan fingerprint density at radius 3 is 2.61 bits per heavy atom. The summed E-state index contributed by atoms with van der Waals surface area (Å²) in [5.41, 5.74) is -0.114. The van der Waals surface area contributed by atoms with E-state index in [1.807, 2.05) is 0 Å². The van der Waals surface area contributed by atoms with E-state index in [4.69, 9.17) is 0 Å². The van der Waals surface area contributed by atoms with Crippen LogP contribution in [0.1, 0.15) is 48.5 Å². The molecule has 2 fully saturated rings. The van der Waals surface area contributed by atoms with E-state index < -0.39 is 22.9 Å². The largest absolute Gasteiger partial charge is 0.418 e. The van der Waals surface area contributed by atoms with Gasteiger partial charge in [0.15, 0.2) is 0 Å². The van der Waals surface area contributed by atoms with Gasteiger partial charge in [0.05, 0.1) is 21.9 Å². The highest BCUT2D eigenvalue weighted by Crippen LogP contribution is 2.32. The Morgan fingerprint density at radius 1 is 1.12 bits per heavy atom. The zero-order valence-corrected chi connectivity index (χ0v) is 18.4. The van der Waals surface area contributed by atoms with Gasteiger partial charge in [-0.2, -0.15) is 13.2 Å². The summed E-state index contributed by atoms with van der Waals surface area (Å²) >= 11 is 0.843. The second-order valence-corrected chi connectivity index (χ2v) is 9.06. The highest BCUT2D eigenvalue weighted by atomic mass is 32.2. The van der Waals surface area contributed by atoms with E-state index in [-0.39, 0.29) is 18.3 Å². The molecule has 0 atom stereocenters. The average Bonchev–Trinajstić information content (AvgIpc) is 3.09. The molecule has 33 heavy (non-hydrogen) atoms. The molecular formula is C22H22F3N5O2S. The number of carbonyl (C=O) groups is 2. The van der Waals surface area contributed by atoms with Crippen LogP contribution in [0.15, 0.2) is 35.5 Å². The van der Waals surface area contributed by atoms with Gasteiger partial charge in [0.2, 0.25) is 0 Å². The van der Waals surface area contributed by atoms with Crippen molar-refractivity contribution in [2.45, 2.75) is 50.9 Å². The molecule has 4 rings (SSSR count). The molecule has 11 heteroatoms. The number of nitrogens with one attached hydrogen (secondary N) is 2. The number of rotatable bonds is 6. The fourth-order valence-corrected chi connectivity index (χ4v) is 4.72. The van der Waals surface area contributed by atoms with Crippen LogP contribution in [0.5, 0.6) is 0 Å². The lowest BCUT2D eigenvalue weighted by molar-refractivity contribution is -0.138. The Morgan fingerprint density at radius 2 is 1.91 bits per heavy atom. The summed E-state index contributed by atoms with van der Waals surface area (Å²) in [5.74, 6) is 0.611. The lowest BCUT2D eigenvalue weighted by Gasteiger charge is -2.29. The van der Waals surface area contributed by atoms with E-state index in [1.54, 1.807) is 18.3 Å². The van der Waals surface area contributed by atoms with E-state index >= 15 is 0 Å². The molecule has 1 saturated carbocycles. The molecule has 2 N–H and O–H groups in total. The van der Waals surface area contributed by atoms with Gasteiger partial charge in [0.1, 0.15) is 5.82 Å². The molecule has 174 valence electrons. The molecule has 0 spiro atoms. The van der Waals surface area contributed by atoms with Crippen LogP contribution in [0.3, 0.4) is 0 Å². The standard InChI is InChI=1S/C22H22F3N5O2S/c23-22(24,25)16-2-1-8-26-17(16)12-28-14-5-3-13(4-6-14)10-19-27-9-7-15(29-19)11-18-20(31)30-21(32)33-18/h1-2,7-9,11,13-14,28H,3-6,10,12H2,(H,30,31,32)/b18-11-. The lowest BCUT2D eigenvalue weighted by atomic mass is 9.84. The van der Waals surface area contributed by atoms with Crippen molar-refractivity contribution in [2.24, 2.45) is 5.92 Å². The molecule has 0 aromatic carbocycles. The van der Waals surface area contributed by atoms with Gasteiger partial charge < -0.3 is 5.32 Å². The molecular weight excluding hydrogens is 455 g/mol. The SMILES string of the molecule is O=C1NC(=O)/C(=C/c2ccnc(CC3CCC(NCc4ncccc4C(F)(F)F)CC3)n2)S1. The van der Waals surface area contributed by atoms with Crippen molar-refractivity contribution in [3.63, 3.8) is 0 Å². The molecule has 1 aliphatic heterocycles. The minimum absolute atomic E-state index is 0.0160. The van der Waals surface area contributed by atoms with Gasteiger partial charge in [-0.15, -0.1) is 0 Å². The van der Waals surface area contributed by atoms with E-state index in [9.17, 15) is 22.8 Å². The summed E-state index contributed by atoms with van der Waals surface area (Å²) in [6, 6.07) is 4.17. The topological polar surface area (TPSA) is 96.9 Å². The quantitative estimate of drug-likeness (QED) is 0.605. The number of imide groups is 1. The number of amides is 2. The van der Waals surface area contributed by atoms with Gasteiger partial charge in [-0.3, -0.25) is 19.9 Å². The van der Waals surface area contributed by atoms with Gasteiger partial charge in [-0.05, 0) is 67.6 Å². The molecule has 0 radical (unpaired) electrons. The third-order valence-corrected chi connectivity index (χ3v) is 6.53. The van der Waals surface area contributed by atoms with Crippen molar-refractivity contribution in [2.75, 3.05) is 0 Å². The predicted octanol–water partition coefficient (Wildman–Crippen LogP) is 4.11. The van der Waals surface area contributed by atoms with Crippen molar-refractivity contribution in [3.05, 3.63) is 58.3 Å². The molecule has 2 amide bonds. The molecule has 0 bridgehead atoms. The van der Waals surface area contributed by atoms with Crippen LogP contribution < -0.4 is 10.6 Å². The summed E-state index contributed by atoms with van der Waals surface area (Å²) in [7, 11) is 0. The van der Waals surface area contributed by atoms with Gasteiger partial charge in [0.25, 0.3) is 11.1 Å². The van der Waals surface area contributed by atoms with Gasteiger partial charge >= 0.3 is 6.18 Å². The number of aromatic nitrogens is 3. The maximum absolute atomic E-state index is 13.1. The smallest absolute Gasteiger partial charge is 0.308 e. The number of thioether (sulfide) groups is 1. The van der Waals surface area contributed by atoms with Crippen molar-refractivity contribution in [1.82, 2.24) is 25.6 Å². The van der Waals surface area contributed by atoms with Crippen LogP contribution in [-0.4, -0.2) is 32.1 Å². The zero-order chi connectivity index (χ0) is 23.4. The Bertz CT molecular complexity index is 1070. The van der Waals surface area contributed by atoms with Crippen molar-refractivity contribution < 1.29 is 22.8 Å². The fraction of sp³-hybridized carbons (Fsp3) is 0.409. The minimum atomic E-state index is -4.41.